The van der Waals surface area contributed by atoms with E-state index in [9.17, 15) is 4.79 Å². The van der Waals surface area contributed by atoms with E-state index in [1.165, 1.54) is 0 Å². The minimum absolute atomic E-state index is 0.118. The average molecular weight is 272 g/mol. The van der Waals surface area contributed by atoms with Gasteiger partial charge in [0.15, 0.2) is 5.82 Å². The molecule has 104 valence electrons. The Hall–Kier alpha value is -2.57. The predicted molar refractivity (Wildman–Crippen MR) is 75.3 cm³/mol. The molecule has 1 aliphatic rings. The highest BCUT2D eigenvalue weighted by Gasteiger charge is 2.22. The third-order valence-corrected chi connectivity index (χ3v) is 3.47. The second-order valence-corrected chi connectivity index (χ2v) is 4.72. The predicted octanol–water partition coefficient (Wildman–Crippen LogP) is 0.240. The van der Waals surface area contributed by atoms with Crippen molar-refractivity contribution < 1.29 is 4.79 Å². The lowest BCUT2D eigenvalue weighted by atomic mass is 10.1. The first-order chi connectivity index (χ1) is 9.69. The molecule has 3 N–H and O–H groups in total. The number of nitrogen functional groups attached to an aromatic ring is 1. The molecule has 0 aliphatic carbocycles. The molecule has 0 spiro atoms. The SMILES string of the molecule is CNC(=O)c1ccc(N)cc1N1CCn2cnnc2C1. The number of nitrogens with two attached hydrogens (primary N) is 1. The highest BCUT2D eigenvalue weighted by atomic mass is 16.1. The summed E-state index contributed by atoms with van der Waals surface area (Å²) in [5, 5.41) is 10.6. The van der Waals surface area contributed by atoms with Crippen molar-refractivity contribution in [2.24, 2.45) is 0 Å². The van der Waals surface area contributed by atoms with E-state index in [2.05, 4.69) is 20.4 Å². The van der Waals surface area contributed by atoms with Crippen LogP contribution < -0.4 is 16.0 Å². The Bertz CT molecular complexity index is 650. The van der Waals surface area contributed by atoms with Gasteiger partial charge in [0.1, 0.15) is 6.33 Å². The maximum atomic E-state index is 12.0. The van der Waals surface area contributed by atoms with E-state index >= 15 is 0 Å². The number of aromatic nitrogens is 3. The summed E-state index contributed by atoms with van der Waals surface area (Å²) in [5.41, 5.74) is 7.95. The second kappa shape index (κ2) is 4.84. The summed E-state index contributed by atoms with van der Waals surface area (Å²) >= 11 is 0. The first kappa shape index (κ1) is 12.5. The molecule has 0 fully saturated rings. The number of carbonyl (C=O) groups is 1. The lowest BCUT2D eigenvalue weighted by Gasteiger charge is -2.30. The number of nitrogens with one attached hydrogen (secondary N) is 1. The van der Waals surface area contributed by atoms with Crippen LogP contribution in [-0.2, 0) is 13.1 Å². The Morgan fingerprint density at radius 1 is 1.40 bits per heavy atom. The summed E-state index contributed by atoms with van der Waals surface area (Å²) in [7, 11) is 1.62. The van der Waals surface area contributed by atoms with E-state index in [0.717, 1.165) is 24.6 Å². The Kier molecular flexibility index (Phi) is 3.02. The minimum atomic E-state index is -0.118. The van der Waals surface area contributed by atoms with E-state index in [1.807, 2.05) is 10.6 Å². The van der Waals surface area contributed by atoms with Crippen molar-refractivity contribution in [3.05, 3.63) is 35.9 Å². The van der Waals surface area contributed by atoms with Crippen molar-refractivity contribution in [2.45, 2.75) is 13.1 Å². The lowest BCUT2D eigenvalue weighted by Crippen LogP contribution is -2.35. The zero-order valence-corrected chi connectivity index (χ0v) is 11.2. The molecule has 0 radical (unpaired) electrons. The van der Waals surface area contributed by atoms with Crippen molar-refractivity contribution >= 4 is 17.3 Å². The first-order valence-electron chi connectivity index (χ1n) is 6.42. The Morgan fingerprint density at radius 3 is 3.05 bits per heavy atom. The molecule has 7 heteroatoms. The van der Waals surface area contributed by atoms with E-state index < -0.39 is 0 Å². The molecule has 1 aliphatic heterocycles. The summed E-state index contributed by atoms with van der Waals surface area (Å²) in [6.45, 7) is 2.20. The Morgan fingerprint density at radius 2 is 2.25 bits per heavy atom. The van der Waals surface area contributed by atoms with Crippen molar-refractivity contribution in [2.75, 3.05) is 24.2 Å². The molecule has 3 rings (SSSR count). The summed E-state index contributed by atoms with van der Waals surface area (Å²) in [6, 6.07) is 5.32. The van der Waals surface area contributed by atoms with E-state index in [1.54, 1.807) is 25.5 Å². The molecule has 1 aromatic carbocycles. The zero-order valence-electron chi connectivity index (χ0n) is 11.2. The van der Waals surface area contributed by atoms with Gasteiger partial charge in [-0.2, -0.15) is 0 Å². The maximum absolute atomic E-state index is 12.0. The minimum Gasteiger partial charge on any atom is -0.399 e. The highest BCUT2D eigenvalue weighted by Crippen LogP contribution is 2.26. The van der Waals surface area contributed by atoms with Gasteiger partial charge in [-0.3, -0.25) is 4.79 Å². The topological polar surface area (TPSA) is 89.1 Å². The van der Waals surface area contributed by atoms with Gasteiger partial charge in [0.2, 0.25) is 0 Å². The molecule has 1 aromatic heterocycles. The molecule has 7 nitrogen and oxygen atoms in total. The number of hydrogen-bond donors (Lipinski definition) is 2. The fourth-order valence-electron chi connectivity index (χ4n) is 2.41. The van der Waals surface area contributed by atoms with Crippen molar-refractivity contribution in [1.82, 2.24) is 20.1 Å². The van der Waals surface area contributed by atoms with Gasteiger partial charge in [0, 0.05) is 25.8 Å². The average Bonchev–Trinajstić information content (AvgIpc) is 2.93. The maximum Gasteiger partial charge on any atom is 0.253 e. The van der Waals surface area contributed by atoms with Gasteiger partial charge in [0.25, 0.3) is 5.91 Å². The van der Waals surface area contributed by atoms with Crippen LogP contribution in [0.15, 0.2) is 24.5 Å². The quantitative estimate of drug-likeness (QED) is 0.764. The second-order valence-electron chi connectivity index (χ2n) is 4.72. The number of rotatable bonds is 2. The molecular formula is C13H16N6O. The van der Waals surface area contributed by atoms with Crippen LogP contribution >= 0.6 is 0 Å². The third kappa shape index (κ3) is 2.07. The van der Waals surface area contributed by atoms with Crippen LogP contribution in [0, 0.1) is 0 Å². The first-order valence-corrected chi connectivity index (χ1v) is 6.42. The number of carbonyl (C=O) groups excluding carboxylic acids is 1. The normalized spacial score (nSPS) is 13.9. The van der Waals surface area contributed by atoms with E-state index in [0.29, 0.717) is 17.8 Å². The van der Waals surface area contributed by atoms with Gasteiger partial charge in [0.05, 0.1) is 17.8 Å². The van der Waals surface area contributed by atoms with Gasteiger partial charge >= 0.3 is 0 Å². The number of nitrogens with zero attached hydrogens (tertiary/aromatic N) is 4. The lowest BCUT2D eigenvalue weighted by molar-refractivity contribution is 0.0963. The fourth-order valence-corrected chi connectivity index (χ4v) is 2.41. The fraction of sp³-hybridized carbons (Fsp3) is 0.308. The standard InChI is InChI=1S/C13H16N6O/c1-15-13(20)10-3-2-9(14)6-11(10)18-4-5-19-8-16-17-12(19)7-18/h2-3,6,8H,4-5,7,14H2,1H3,(H,15,20). The molecule has 2 aromatic rings. The van der Waals surface area contributed by atoms with Crippen LogP contribution in [0.1, 0.15) is 16.2 Å². The van der Waals surface area contributed by atoms with Gasteiger partial charge in [-0.15, -0.1) is 10.2 Å². The van der Waals surface area contributed by atoms with Crippen LogP contribution in [0.25, 0.3) is 0 Å². The summed E-state index contributed by atoms with van der Waals surface area (Å²) in [4.78, 5) is 14.1. The highest BCUT2D eigenvalue weighted by molar-refractivity contribution is 6.00. The summed E-state index contributed by atoms with van der Waals surface area (Å²) < 4.78 is 2.02. The van der Waals surface area contributed by atoms with Crippen LogP contribution in [0.3, 0.4) is 0 Å². The number of amides is 1. The van der Waals surface area contributed by atoms with Gasteiger partial charge in [-0.25, -0.2) is 0 Å². The van der Waals surface area contributed by atoms with Gasteiger partial charge in [-0.05, 0) is 18.2 Å². The zero-order chi connectivity index (χ0) is 14.1. The molecule has 1 amide bonds. The van der Waals surface area contributed by atoms with Crippen molar-refractivity contribution in [3.63, 3.8) is 0 Å². The number of hydrogen-bond acceptors (Lipinski definition) is 5. The largest absolute Gasteiger partial charge is 0.399 e. The Balaban J connectivity index is 1.98. The van der Waals surface area contributed by atoms with Crippen molar-refractivity contribution in [1.29, 1.82) is 0 Å². The molecule has 20 heavy (non-hydrogen) atoms. The van der Waals surface area contributed by atoms with Crippen LogP contribution in [0.5, 0.6) is 0 Å². The van der Waals surface area contributed by atoms with Gasteiger partial charge < -0.3 is 20.5 Å². The van der Waals surface area contributed by atoms with E-state index in [-0.39, 0.29) is 5.91 Å². The molecular weight excluding hydrogens is 256 g/mol. The molecule has 0 saturated heterocycles. The van der Waals surface area contributed by atoms with Crippen LogP contribution in [0.4, 0.5) is 11.4 Å². The third-order valence-electron chi connectivity index (χ3n) is 3.47. The number of anilines is 2. The van der Waals surface area contributed by atoms with Crippen LogP contribution in [0.2, 0.25) is 0 Å². The van der Waals surface area contributed by atoms with E-state index in [4.69, 9.17) is 5.73 Å². The summed E-state index contributed by atoms with van der Waals surface area (Å²) in [6.07, 6.45) is 1.73. The molecule has 0 bridgehead atoms. The van der Waals surface area contributed by atoms with Crippen molar-refractivity contribution in [3.8, 4) is 0 Å². The van der Waals surface area contributed by atoms with Gasteiger partial charge in [-0.1, -0.05) is 0 Å². The molecule has 2 heterocycles. The molecule has 0 saturated carbocycles. The van der Waals surface area contributed by atoms with Crippen LogP contribution in [-0.4, -0.2) is 34.3 Å². The Labute approximate surface area is 116 Å². The molecule has 0 atom stereocenters. The smallest absolute Gasteiger partial charge is 0.253 e. The molecule has 0 unspecified atom stereocenters. The number of fused-ring (bicyclic) bond motifs is 1. The summed E-state index contributed by atoms with van der Waals surface area (Å²) in [5.74, 6) is 0.772. The monoisotopic (exact) mass is 272 g/mol. The number of benzene rings is 1.